The summed E-state index contributed by atoms with van der Waals surface area (Å²) >= 11 is 1.41. The molecule has 5 nitrogen and oxygen atoms in total. The van der Waals surface area contributed by atoms with Crippen molar-refractivity contribution in [3.63, 3.8) is 0 Å². The lowest BCUT2D eigenvalue weighted by Crippen LogP contribution is -2.44. The number of methoxy groups -OCH3 is 1. The van der Waals surface area contributed by atoms with Crippen LogP contribution in [-0.2, 0) is 9.59 Å². The average molecular weight is 311 g/mol. The van der Waals surface area contributed by atoms with Crippen molar-refractivity contribution in [1.82, 2.24) is 5.32 Å². The van der Waals surface area contributed by atoms with Crippen molar-refractivity contribution in [2.24, 2.45) is 0 Å². The van der Waals surface area contributed by atoms with E-state index in [1.165, 1.54) is 11.8 Å². The number of hydrogen-bond donors (Lipinski definition) is 2. The minimum Gasteiger partial charge on any atom is -0.497 e. The number of benzene rings is 1. The lowest BCUT2D eigenvalue weighted by Gasteiger charge is -2.25. The lowest BCUT2D eigenvalue weighted by atomic mass is 9.98. The first-order valence-electron chi connectivity index (χ1n) is 6.62. The van der Waals surface area contributed by atoms with Gasteiger partial charge in [0.2, 0.25) is 5.91 Å². The van der Waals surface area contributed by atoms with Crippen LogP contribution >= 0.6 is 11.8 Å². The van der Waals surface area contributed by atoms with E-state index in [0.29, 0.717) is 6.42 Å². The number of carboxylic acid groups (broad SMARTS) is 1. The molecular formula is C15H21NO4S. The Morgan fingerprint density at radius 3 is 2.71 bits per heavy atom. The van der Waals surface area contributed by atoms with E-state index in [1.807, 2.05) is 38.1 Å². The summed E-state index contributed by atoms with van der Waals surface area (Å²) in [6, 6.07) is 7.50. The fourth-order valence-electron chi connectivity index (χ4n) is 1.74. The Bertz CT molecular complexity index is 502. The number of thioether (sulfide) groups is 1. The lowest BCUT2D eigenvalue weighted by molar-refractivity contribution is -0.137. The molecule has 0 aromatic heterocycles. The highest BCUT2D eigenvalue weighted by Gasteiger charge is 2.21. The van der Waals surface area contributed by atoms with Gasteiger partial charge in [-0.3, -0.25) is 9.59 Å². The summed E-state index contributed by atoms with van der Waals surface area (Å²) in [5.74, 6) is 0.0624. The molecule has 0 aliphatic carbocycles. The Kier molecular flexibility index (Phi) is 6.55. The van der Waals surface area contributed by atoms with Gasteiger partial charge in [-0.25, -0.2) is 0 Å². The van der Waals surface area contributed by atoms with E-state index >= 15 is 0 Å². The van der Waals surface area contributed by atoms with Crippen LogP contribution < -0.4 is 10.1 Å². The summed E-state index contributed by atoms with van der Waals surface area (Å²) in [4.78, 5) is 23.4. The first-order valence-corrected chi connectivity index (χ1v) is 7.60. The van der Waals surface area contributed by atoms with Crippen LogP contribution in [0.1, 0.15) is 26.7 Å². The molecule has 0 fully saturated rings. The number of rotatable bonds is 8. The SMILES string of the molecule is COc1cccc(SCC(=O)NC(C)(C)CCC(=O)O)c1. The molecule has 2 N–H and O–H groups in total. The summed E-state index contributed by atoms with van der Waals surface area (Å²) < 4.78 is 5.13. The highest BCUT2D eigenvalue weighted by atomic mass is 32.2. The molecule has 116 valence electrons. The van der Waals surface area contributed by atoms with Crippen LogP contribution in [0.2, 0.25) is 0 Å². The molecule has 1 aromatic carbocycles. The number of aliphatic carboxylic acids is 1. The van der Waals surface area contributed by atoms with E-state index in [1.54, 1.807) is 7.11 Å². The predicted octanol–water partition coefficient (Wildman–Crippen LogP) is 2.55. The van der Waals surface area contributed by atoms with Crippen LogP contribution in [0.25, 0.3) is 0 Å². The van der Waals surface area contributed by atoms with E-state index in [2.05, 4.69) is 5.32 Å². The molecule has 1 amide bonds. The van der Waals surface area contributed by atoms with Gasteiger partial charge < -0.3 is 15.2 Å². The number of carbonyl (C=O) groups excluding carboxylic acids is 1. The average Bonchev–Trinajstić information content (AvgIpc) is 2.43. The molecular weight excluding hydrogens is 290 g/mol. The second kappa shape index (κ2) is 7.93. The van der Waals surface area contributed by atoms with Crippen molar-refractivity contribution >= 4 is 23.6 Å². The molecule has 0 unspecified atom stereocenters. The van der Waals surface area contributed by atoms with E-state index in [9.17, 15) is 9.59 Å². The van der Waals surface area contributed by atoms with Gasteiger partial charge in [0, 0.05) is 16.9 Å². The van der Waals surface area contributed by atoms with Crippen molar-refractivity contribution in [2.75, 3.05) is 12.9 Å². The summed E-state index contributed by atoms with van der Waals surface area (Å²) in [7, 11) is 1.60. The Hall–Kier alpha value is -1.69. The van der Waals surface area contributed by atoms with E-state index in [4.69, 9.17) is 9.84 Å². The van der Waals surface area contributed by atoms with Crippen LogP contribution in [0.4, 0.5) is 0 Å². The van der Waals surface area contributed by atoms with Gasteiger partial charge in [0.05, 0.1) is 12.9 Å². The Morgan fingerprint density at radius 1 is 1.38 bits per heavy atom. The second-order valence-electron chi connectivity index (χ2n) is 5.29. The first kappa shape index (κ1) is 17.4. The minimum atomic E-state index is -0.858. The zero-order valence-corrected chi connectivity index (χ0v) is 13.3. The second-order valence-corrected chi connectivity index (χ2v) is 6.34. The summed E-state index contributed by atoms with van der Waals surface area (Å²) in [5.41, 5.74) is -0.523. The van der Waals surface area contributed by atoms with Crippen LogP contribution in [0.15, 0.2) is 29.2 Å². The fraction of sp³-hybridized carbons (Fsp3) is 0.467. The quantitative estimate of drug-likeness (QED) is 0.722. The predicted molar refractivity (Wildman–Crippen MR) is 82.8 cm³/mol. The van der Waals surface area contributed by atoms with Crippen LogP contribution in [0.3, 0.4) is 0 Å². The van der Waals surface area contributed by atoms with E-state index in [-0.39, 0.29) is 18.1 Å². The van der Waals surface area contributed by atoms with Crippen molar-refractivity contribution in [3.05, 3.63) is 24.3 Å². The summed E-state index contributed by atoms with van der Waals surface area (Å²) in [6.45, 7) is 3.65. The molecule has 0 atom stereocenters. The number of carboxylic acids is 1. The smallest absolute Gasteiger partial charge is 0.303 e. The number of ether oxygens (including phenoxy) is 1. The van der Waals surface area contributed by atoms with E-state index < -0.39 is 11.5 Å². The van der Waals surface area contributed by atoms with Crippen LogP contribution in [-0.4, -0.2) is 35.4 Å². The molecule has 6 heteroatoms. The number of carbonyl (C=O) groups is 2. The van der Waals surface area contributed by atoms with Crippen LogP contribution in [0.5, 0.6) is 5.75 Å². The maximum atomic E-state index is 11.9. The number of hydrogen-bond acceptors (Lipinski definition) is 4. The monoisotopic (exact) mass is 311 g/mol. The highest BCUT2D eigenvalue weighted by Crippen LogP contribution is 2.22. The van der Waals surface area contributed by atoms with Crippen LogP contribution in [0, 0.1) is 0 Å². The molecule has 0 aliphatic heterocycles. The van der Waals surface area contributed by atoms with Gasteiger partial charge in [-0.1, -0.05) is 6.07 Å². The standard InChI is InChI=1S/C15H21NO4S/c1-15(2,8-7-14(18)19)16-13(17)10-21-12-6-4-5-11(9-12)20-3/h4-6,9H,7-8,10H2,1-3H3,(H,16,17)(H,18,19). The largest absolute Gasteiger partial charge is 0.497 e. The zero-order chi connectivity index (χ0) is 15.9. The van der Waals surface area contributed by atoms with Gasteiger partial charge in [-0.2, -0.15) is 0 Å². The van der Waals surface area contributed by atoms with Crippen molar-refractivity contribution in [1.29, 1.82) is 0 Å². The summed E-state index contributed by atoms with van der Waals surface area (Å²) in [5, 5.41) is 11.5. The molecule has 0 heterocycles. The minimum absolute atomic E-state index is 0.0380. The van der Waals surface area contributed by atoms with Crippen molar-refractivity contribution in [2.45, 2.75) is 37.1 Å². The molecule has 0 saturated carbocycles. The number of nitrogens with one attached hydrogen (secondary N) is 1. The zero-order valence-electron chi connectivity index (χ0n) is 12.5. The molecule has 21 heavy (non-hydrogen) atoms. The molecule has 0 spiro atoms. The first-order chi connectivity index (χ1) is 9.82. The maximum absolute atomic E-state index is 11.9. The van der Waals surface area contributed by atoms with Gasteiger partial charge in [-0.15, -0.1) is 11.8 Å². The Morgan fingerprint density at radius 2 is 2.10 bits per heavy atom. The maximum Gasteiger partial charge on any atom is 0.303 e. The molecule has 1 aromatic rings. The third kappa shape index (κ3) is 7.04. The third-order valence-electron chi connectivity index (χ3n) is 2.85. The molecule has 0 bridgehead atoms. The normalized spacial score (nSPS) is 11.0. The summed E-state index contributed by atoms with van der Waals surface area (Å²) in [6.07, 6.45) is 0.439. The fourth-order valence-corrected chi connectivity index (χ4v) is 2.48. The molecule has 1 rings (SSSR count). The Labute approximate surface area is 129 Å². The molecule has 0 radical (unpaired) electrons. The highest BCUT2D eigenvalue weighted by molar-refractivity contribution is 8.00. The van der Waals surface area contributed by atoms with Crippen molar-refractivity contribution < 1.29 is 19.4 Å². The molecule has 0 aliphatic rings. The topological polar surface area (TPSA) is 75.6 Å². The van der Waals surface area contributed by atoms with Gasteiger partial charge >= 0.3 is 5.97 Å². The molecule has 0 saturated heterocycles. The van der Waals surface area contributed by atoms with E-state index in [0.717, 1.165) is 10.6 Å². The van der Waals surface area contributed by atoms with Crippen molar-refractivity contribution in [3.8, 4) is 5.75 Å². The van der Waals surface area contributed by atoms with Gasteiger partial charge in [-0.05, 0) is 38.5 Å². The van der Waals surface area contributed by atoms with Gasteiger partial charge in [0.1, 0.15) is 5.75 Å². The van der Waals surface area contributed by atoms with Gasteiger partial charge in [0.15, 0.2) is 0 Å². The number of amides is 1. The Balaban J connectivity index is 2.44. The van der Waals surface area contributed by atoms with Gasteiger partial charge in [0.25, 0.3) is 0 Å². The third-order valence-corrected chi connectivity index (χ3v) is 3.85.